The molecule has 88 valence electrons. The maximum absolute atomic E-state index is 8.92. The van der Waals surface area contributed by atoms with E-state index in [4.69, 9.17) is 5.26 Å². The van der Waals surface area contributed by atoms with Crippen molar-refractivity contribution < 1.29 is 0 Å². The summed E-state index contributed by atoms with van der Waals surface area (Å²) in [5, 5.41) is 12.3. The lowest BCUT2D eigenvalue weighted by molar-refractivity contribution is 0.563. The predicted molar refractivity (Wildman–Crippen MR) is 67.3 cm³/mol. The lowest BCUT2D eigenvalue weighted by Crippen LogP contribution is -2.25. The molecule has 1 aromatic rings. The fourth-order valence-electron chi connectivity index (χ4n) is 2.20. The van der Waals surface area contributed by atoms with E-state index in [1.54, 1.807) is 6.20 Å². The smallest absolute Gasteiger partial charge is 0.224 e. The molecule has 1 N–H and O–H groups in total. The van der Waals surface area contributed by atoms with Gasteiger partial charge in [-0.3, -0.25) is 0 Å². The standard InChI is InChI=1S/C12H13BrN4/c13-9-6-15-12(16-10(9)5-14)17-11(7-1-2-7)8-3-4-8/h6-8,11H,1-4H2,(H,15,16,17). The van der Waals surface area contributed by atoms with Gasteiger partial charge in [-0.05, 0) is 53.4 Å². The van der Waals surface area contributed by atoms with Gasteiger partial charge in [0.05, 0.1) is 4.47 Å². The summed E-state index contributed by atoms with van der Waals surface area (Å²) < 4.78 is 0.653. The van der Waals surface area contributed by atoms with E-state index < -0.39 is 0 Å². The maximum Gasteiger partial charge on any atom is 0.224 e. The summed E-state index contributed by atoms with van der Waals surface area (Å²) in [6.45, 7) is 0. The molecule has 4 nitrogen and oxygen atoms in total. The lowest BCUT2D eigenvalue weighted by atomic mass is 10.1. The summed E-state index contributed by atoms with van der Waals surface area (Å²) in [5.41, 5.74) is 0.396. The highest BCUT2D eigenvalue weighted by atomic mass is 79.9. The minimum atomic E-state index is 0.396. The minimum absolute atomic E-state index is 0.396. The highest BCUT2D eigenvalue weighted by Crippen LogP contribution is 2.45. The largest absolute Gasteiger partial charge is 0.351 e. The molecule has 5 heteroatoms. The first-order valence-electron chi connectivity index (χ1n) is 5.97. The molecule has 0 aromatic carbocycles. The fourth-order valence-corrected chi connectivity index (χ4v) is 2.48. The molecule has 1 aromatic heterocycles. The molecule has 0 aliphatic heterocycles. The van der Waals surface area contributed by atoms with Crippen molar-refractivity contribution in [3.63, 3.8) is 0 Å². The zero-order valence-electron chi connectivity index (χ0n) is 9.36. The Kier molecular flexibility index (Phi) is 2.75. The number of nitrogens with one attached hydrogen (secondary N) is 1. The second-order valence-corrected chi connectivity index (χ2v) is 5.70. The number of aromatic nitrogens is 2. The van der Waals surface area contributed by atoms with Crippen LogP contribution in [-0.2, 0) is 0 Å². The molecular weight excluding hydrogens is 280 g/mol. The third kappa shape index (κ3) is 2.42. The van der Waals surface area contributed by atoms with Crippen LogP contribution in [0.4, 0.5) is 5.95 Å². The molecule has 17 heavy (non-hydrogen) atoms. The second-order valence-electron chi connectivity index (χ2n) is 4.85. The van der Waals surface area contributed by atoms with Gasteiger partial charge in [-0.1, -0.05) is 0 Å². The SMILES string of the molecule is N#Cc1nc(NC(C2CC2)C2CC2)ncc1Br. The van der Waals surface area contributed by atoms with Gasteiger partial charge in [0.2, 0.25) is 5.95 Å². The summed E-state index contributed by atoms with van der Waals surface area (Å²) in [6.07, 6.45) is 6.90. The number of halogens is 1. The van der Waals surface area contributed by atoms with Gasteiger partial charge in [-0.15, -0.1) is 0 Å². The summed E-state index contributed by atoms with van der Waals surface area (Å²) in [4.78, 5) is 8.45. The van der Waals surface area contributed by atoms with E-state index in [1.165, 1.54) is 25.7 Å². The maximum atomic E-state index is 8.92. The van der Waals surface area contributed by atoms with E-state index in [1.807, 2.05) is 0 Å². The Balaban J connectivity index is 1.77. The summed E-state index contributed by atoms with van der Waals surface area (Å²) in [6, 6.07) is 2.58. The van der Waals surface area contributed by atoms with Crippen molar-refractivity contribution in [1.82, 2.24) is 9.97 Å². The van der Waals surface area contributed by atoms with Gasteiger partial charge in [0.15, 0.2) is 5.69 Å². The second kappa shape index (κ2) is 4.26. The van der Waals surface area contributed by atoms with Crippen LogP contribution in [-0.4, -0.2) is 16.0 Å². The van der Waals surface area contributed by atoms with Gasteiger partial charge in [0.25, 0.3) is 0 Å². The Bertz CT molecular complexity index is 462. The van der Waals surface area contributed by atoms with Gasteiger partial charge >= 0.3 is 0 Å². The van der Waals surface area contributed by atoms with Crippen molar-refractivity contribution >= 4 is 21.9 Å². The molecule has 0 saturated heterocycles. The molecule has 0 atom stereocenters. The Labute approximate surface area is 109 Å². The molecule has 3 rings (SSSR count). The highest BCUT2D eigenvalue weighted by Gasteiger charge is 2.41. The van der Waals surface area contributed by atoms with Gasteiger partial charge in [-0.2, -0.15) is 5.26 Å². The first-order chi connectivity index (χ1) is 8.28. The topological polar surface area (TPSA) is 61.6 Å². The first kappa shape index (κ1) is 11.0. The number of anilines is 1. The summed E-state index contributed by atoms with van der Waals surface area (Å²) in [7, 11) is 0. The van der Waals surface area contributed by atoms with Crippen LogP contribution < -0.4 is 5.32 Å². The monoisotopic (exact) mass is 292 g/mol. The molecular formula is C12H13BrN4. The predicted octanol–water partition coefficient (Wildman–Crippen LogP) is 2.71. The van der Waals surface area contributed by atoms with E-state index in [0.29, 0.717) is 22.2 Å². The number of nitrogens with zero attached hydrogens (tertiary/aromatic N) is 3. The first-order valence-corrected chi connectivity index (χ1v) is 6.76. The molecule has 0 bridgehead atoms. The van der Waals surface area contributed by atoms with E-state index in [2.05, 4.69) is 37.3 Å². The van der Waals surface area contributed by atoms with Crippen LogP contribution >= 0.6 is 15.9 Å². The normalized spacial score (nSPS) is 19.1. The van der Waals surface area contributed by atoms with Gasteiger partial charge in [0.1, 0.15) is 6.07 Å². The van der Waals surface area contributed by atoms with Crippen LogP contribution in [0.1, 0.15) is 31.4 Å². The van der Waals surface area contributed by atoms with Crippen molar-refractivity contribution in [2.24, 2.45) is 11.8 Å². The number of nitriles is 1. The van der Waals surface area contributed by atoms with Crippen LogP contribution in [0.5, 0.6) is 0 Å². The van der Waals surface area contributed by atoms with Crippen molar-refractivity contribution in [3.8, 4) is 6.07 Å². The van der Waals surface area contributed by atoms with E-state index in [0.717, 1.165) is 11.8 Å². The van der Waals surface area contributed by atoms with Crippen molar-refractivity contribution in [1.29, 1.82) is 5.26 Å². The molecule has 0 amide bonds. The van der Waals surface area contributed by atoms with Crippen LogP contribution in [0.25, 0.3) is 0 Å². The zero-order chi connectivity index (χ0) is 11.8. The van der Waals surface area contributed by atoms with Gasteiger partial charge < -0.3 is 5.32 Å². The molecule has 2 aliphatic carbocycles. The minimum Gasteiger partial charge on any atom is -0.351 e. The van der Waals surface area contributed by atoms with E-state index in [9.17, 15) is 0 Å². The number of hydrogen-bond donors (Lipinski definition) is 1. The van der Waals surface area contributed by atoms with Crippen LogP contribution in [0.2, 0.25) is 0 Å². The Morgan fingerprint density at radius 3 is 2.53 bits per heavy atom. The Morgan fingerprint density at radius 2 is 2.00 bits per heavy atom. The van der Waals surface area contributed by atoms with Crippen molar-refractivity contribution in [3.05, 3.63) is 16.4 Å². The number of hydrogen-bond acceptors (Lipinski definition) is 4. The molecule has 1 heterocycles. The number of rotatable bonds is 4. The van der Waals surface area contributed by atoms with E-state index >= 15 is 0 Å². The third-order valence-corrected chi connectivity index (χ3v) is 3.99. The fraction of sp³-hybridized carbons (Fsp3) is 0.583. The van der Waals surface area contributed by atoms with Crippen LogP contribution in [0.15, 0.2) is 10.7 Å². The quantitative estimate of drug-likeness (QED) is 0.927. The zero-order valence-corrected chi connectivity index (χ0v) is 10.9. The van der Waals surface area contributed by atoms with Gasteiger partial charge in [-0.25, -0.2) is 9.97 Å². The average molecular weight is 293 g/mol. The highest BCUT2D eigenvalue weighted by molar-refractivity contribution is 9.10. The summed E-state index contributed by atoms with van der Waals surface area (Å²) in [5.74, 6) is 2.18. The van der Waals surface area contributed by atoms with Crippen LogP contribution in [0, 0.1) is 23.2 Å². The molecule has 2 aliphatic rings. The molecule has 0 radical (unpaired) electrons. The lowest BCUT2D eigenvalue weighted by Gasteiger charge is -2.17. The van der Waals surface area contributed by atoms with E-state index in [-0.39, 0.29) is 0 Å². The van der Waals surface area contributed by atoms with Gasteiger partial charge in [0, 0.05) is 12.2 Å². The average Bonchev–Trinajstić information content (AvgIpc) is 3.18. The molecule has 0 unspecified atom stereocenters. The molecule has 0 spiro atoms. The molecule has 2 fully saturated rings. The Hall–Kier alpha value is -1.15. The summed E-state index contributed by atoms with van der Waals surface area (Å²) >= 11 is 3.26. The molecule has 2 saturated carbocycles. The van der Waals surface area contributed by atoms with Crippen LogP contribution in [0.3, 0.4) is 0 Å². The van der Waals surface area contributed by atoms with Crippen molar-refractivity contribution in [2.75, 3.05) is 5.32 Å². The van der Waals surface area contributed by atoms with Crippen molar-refractivity contribution in [2.45, 2.75) is 31.7 Å². The Morgan fingerprint density at radius 1 is 1.35 bits per heavy atom. The third-order valence-electron chi connectivity index (χ3n) is 3.41.